The van der Waals surface area contributed by atoms with E-state index in [0.29, 0.717) is 23.7 Å². The lowest BCUT2D eigenvalue weighted by atomic mass is 10.2. The molecule has 31 heavy (non-hydrogen) atoms. The molecule has 0 heterocycles. The first-order valence-electron chi connectivity index (χ1n) is 9.59. The highest BCUT2D eigenvalue weighted by molar-refractivity contribution is 5.92. The van der Waals surface area contributed by atoms with E-state index < -0.39 is 4.92 Å². The van der Waals surface area contributed by atoms with Gasteiger partial charge in [0.1, 0.15) is 0 Å². The minimum Gasteiger partial charge on any atom is -0.493 e. The molecule has 1 amide bonds. The number of ether oxygens (including phenoxy) is 2. The average Bonchev–Trinajstić information content (AvgIpc) is 2.76. The predicted molar refractivity (Wildman–Crippen MR) is 119 cm³/mol. The molecule has 0 aliphatic rings. The minimum absolute atomic E-state index is 0.0418. The van der Waals surface area contributed by atoms with Gasteiger partial charge in [-0.2, -0.15) is 0 Å². The summed E-state index contributed by atoms with van der Waals surface area (Å²) in [5, 5.41) is 16.7. The molecule has 3 rings (SSSR count). The molecule has 8 nitrogen and oxygen atoms in total. The first-order valence-corrected chi connectivity index (χ1v) is 9.59. The molecule has 2 N–H and O–H groups in total. The number of nitrogens with zero attached hydrogens (tertiary/aromatic N) is 1. The quantitative estimate of drug-likeness (QED) is 0.388. The summed E-state index contributed by atoms with van der Waals surface area (Å²) >= 11 is 0. The fourth-order valence-corrected chi connectivity index (χ4v) is 2.91. The van der Waals surface area contributed by atoms with Crippen LogP contribution < -0.4 is 20.1 Å². The Morgan fingerprint density at radius 3 is 2.45 bits per heavy atom. The van der Waals surface area contributed by atoms with Crippen molar-refractivity contribution in [2.45, 2.75) is 13.5 Å². The highest BCUT2D eigenvalue weighted by Crippen LogP contribution is 2.28. The van der Waals surface area contributed by atoms with Gasteiger partial charge in [0.15, 0.2) is 18.1 Å². The van der Waals surface area contributed by atoms with E-state index >= 15 is 0 Å². The lowest BCUT2D eigenvalue weighted by Crippen LogP contribution is -2.20. The molecule has 8 heteroatoms. The summed E-state index contributed by atoms with van der Waals surface area (Å²) < 4.78 is 11.0. The Hall–Kier alpha value is -4.07. The van der Waals surface area contributed by atoms with Gasteiger partial charge < -0.3 is 20.1 Å². The van der Waals surface area contributed by atoms with Crippen molar-refractivity contribution in [3.05, 3.63) is 88.0 Å². The number of methoxy groups -OCH3 is 1. The summed E-state index contributed by atoms with van der Waals surface area (Å²) in [6.07, 6.45) is 0. The number of non-ortho nitro benzene ring substituents is 1. The van der Waals surface area contributed by atoms with E-state index in [9.17, 15) is 14.9 Å². The summed E-state index contributed by atoms with van der Waals surface area (Å²) in [7, 11) is 1.53. The molecule has 0 radical (unpaired) electrons. The van der Waals surface area contributed by atoms with Gasteiger partial charge in [0, 0.05) is 30.1 Å². The van der Waals surface area contributed by atoms with Crippen LogP contribution in [0.1, 0.15) is 11.1 Å². The molecule has 0 unspecified atom stereocenters. The van der Waals surface area contributed by atoms with Crippen molar-refractivity contribution >= 4 is 23.0 Å². The second-order valence-corrected chi connectivity index (χ2v) is 6.85. The van der Waals surface area contributed by atoms with Crippen LogP contribution in [0.5, 0.6) is 11.5 Å². The molecule has 0 atom stereocenters. The maximum Gasteiger partial charge on any atom is 0.269 e. The van der Waals surface area contributed by atoms with Gasteiger partial charge in [0.25, 0.3) is 11.6 Å². The summed E-state index contributed by atoms with van der Waals surface area (Å²) in [5.74, 6) is 0.698. The van der Waals surface area contributed by atoms with Gasteiger partial charge >= 0.3 is 0 Å². The molecule has 0 aromatic heterocycles. The van der Waals surface area contributed by atoms with Gasteiger partial charge in [0.2, 0.25) is 0 Å². The number of benzene rings is 3. The van der Waals surface area contributed by atoms with Gasteiger partial charge in [-0.15, -0.1) is 0 Å². The fourth-order valence-electron chi connectivity index (χ4n) is 2.91. The van der Waals surface area contributed by atoms with Crippen molar-refractivity contribution in [1.82, 2.24) is 0 Å². The van der Waals surface area contributed by atoms with E-state index in [2.05, 4.69) is 10.6 Å². The monoisotopic (exact) mass is 421 g/mol. The van der Waals surface area contributed by atoms with E-state index in [1.807, 2.05) is 43.3 Å². The van der Waals surface area contributed by atoms with Crippen LogP contribution >= 0.6 is 0 Å². The Balaban J connectivity index is 1.56. The van der Waals surface area contributed by atoms with Crippen LogP contribution in [0.4, 0.5) is 17.1 Å². The normalized spacial score (nSPS) is 10.3. The van der Waals surface area contributed by atoms with E-state index in [-0.39, 0.29) is 18.2 Å². The average molecular weight is 421 g/mol. The topological polar surface area (TPSA) is 103 Å². The molecule has 0 saturated carbocycles. The number of amides is 1. The molecule has 3 aromatic carbocycles. The second-order valence-electron chi connectivity index (χ2n) is 6.85. The highest BCUT2D eigenvalue weighted by Gasteiger charge is 2.10. The van der Waals surface area contributed by atoms with Crippen LogP contribution in [0.25, 0.3) is 0 Å². The number of nitrogens with one attached hydrogen (secondary N) is 2. The van der Waals surface area contributed by atoms with Crippen molar-refractivity contribution in [2.75, 3.05) is 24.4 Å². The fraction of sp³-hybridized carbons (Fsp3) is 0.174. The maximum absolute atomic E-state index is 12.2. The van der Waals surface area contributed by atoms with Crippen LogP contribution in [-0.2, 0) is 11.3 Å². The van der Waals surface area contributed by atoms with Crippen LogP contribution in [0.3, 0.4) is 0 Å². The first-order chi connectivity index (χ1) is 14.9. The Kier molecular flexibility index (Phi) is 7.05. The van der Waals surface area contributed by atoms with E-state index in [4.69, 9.17) is 9.47 Å². The number of hydrogen-bond acceptors (Lipinski definition) is 6. The molecule has 160 valence electrons. The third-order valence-electron chi connectivity index (χ3n) is 4.46. The summed E-state index contributed by atoms with van der Waals surface area (Å²) in [4.78, 5) is 22.5. The lowest BCUT2D eigenvalue weighted by Gasteiger charge is -2.13. The minimum atomic E-state index is -0.436. The molecular formula is C23H23N3O5. The molecule has 3 aromatic rings. The zero-order valence-electron chi connectivity index (χ0n) is 17.3. The van der Waals surface area contributed by atoms with Crippen molar-refractivity contribution in [1.29, 1.82) is 0 Å². The Morgan fingerprint density at radius 1 is 1.00 bits per heavy atom. The predicted octanol–water partition coefficient (Wildman–Crippen LogP) is 4.54. The Bertz CT molecular complexity index is 1070. The molecule has 0 aliphatic heterocycles. The second kappa shape index (κ2) is 10.1. The molecule has 0 bridgehead atoms. The van der Waals surface area contributed by atoms with Gasteiger partial charge in [0.05, 0.1) is 12.0 Å². The van der Waals surface area contributed by atoms with Gasteiger partial charge in [-0.1, -0.05) is 18.2 Å². The number of nitro groups is 1. The van der Waals surface area contributed by atoms with Crippen molar-refractivity contribution in [3.63, 3.8) is 0 Å². The Morgan fingerprint density at radius 2 is 1.77 bits per heavy atom. The van der Waals surface area contributed by atoms with Crippen LogP contribution in [0.15, 0.2) is 66.7 Å². The maximum atomic E-state index is 12.2. The van der Waals surface area contributed by atoms with E-state index in [1.54, 1.807) is 18.2 Å². The number of nitro benzene ring substituents is 1. The summed E-state index contributed by atoms with van der Waals surface area (Å²) in [6, 6.07) is 19.1. The number of anilines is 2. The van der Waals surface area contributed by atoms with E-state index in [1.165, 1.54) is 19.2 Å². The zero-order chi connectivity index (χ0) is 22.2. The highest BCUT2D eigenvalue weighted by atomic mass is 16.6. The van der Waals surface area contributed by atoms with Crippen LogP contribution in [0.2, 0.25) is 0 Å². The van der Waals surface area contributed by atoms with Crippen LogP contribution in [-0.4, -0.2) is 24.5 Å². The summed E-state index contributed by atoms with van der Waals surface area (Å²) in [5.41, 5.74) is 3.50. The van der Waals surface area contributed by atoms with Crippen molar-refractivity contribution < 1.29 is 19.2 Å². The molecule has 0 spiro atoms. The Labute approximate surface area is 180 Å². The number of carbonyl (C=O) groups is 1. The van der Waals surface area contributed by atoms with Gasteiger partial charge in [-0.3, -0.25) is 14.9 Å². The zero-order valence-corrected chi connectivity index (χ0v) is 17.3. The number of hydrogen-bond donors (Lipinski definition) is 2. The van der Waals surface area contributed by atoms with Crippen LogP contribution in [0, 0.1) is 17.0 Å². The molecule has 0 saturated heterocycles. The SMILES string of the molecule is COc1cc(CNc2ccc([N+](=O)[O-])cc2)ccc1OCC(=O)Nc1cccc(C)c1. The molecule has 0 fully saturated rings. The van der Waals surface area contributed by atoms with Gasteiger partial charge in [-0.05, 0) is 54.4 Å². The molecular weight excluding hydrogens is 398 g/mol. The summed E-state index contributed by atoms with van der Waals surface area (Å²) in [6.45, 7) is 2.29. The number of rotatable bonds is 9. The third kappa shape index (κ3) is 6.20. The van der Waals surface area contributed by atoms with E-state index in [0.717, 1.165) is 16.8 Å². The lowest BCUT2D eigenvalue weighted by molar-refractivity contribution is -0.384. The number of aryl methyl sites for hydroxylation is 1. The smallest absolute Gasteiger partial charge is 0.269 e. The number of carbonyl (C=O) groups excluding carboxylic acids is 1. The van der Waals surface area contributed by atoms with Crippen molar-refractivity contribution in [3.8, 4) is 11.5 Å². The van der Waals surface area contributed by atoms with Crippen molar-refractivity contribution in [2.24, 2.45) is 0 Å². The van der Waals surface area contributed by atoms with Gasteiger partial charge in [-0.25, -0.2) is 0 Å². The largest absolute Gasteiger partial charge is 0.493 e. The third-order valence-corrected chi connectivity index (χ3v) is 4.46. The standard InChI is InChI=1S/C23H23N3O5/c1-16-4-3-5-19(12-16)25-23(27)15-31-21-11-6-17(13-22(21)30-2)14-24-18-7-9-20(10-8-18)26(28)29/h3-13,24H,14-15H2,1-2H3,(H,25,27). The molecule has 0 aliphatic carbocycles. The first kappa shape index (κ1) is 21.6.